The number of hydrogen-bond acceptors (Lipinski definition) is 6. The number of benzene rings is 1. The van der Waals surface area contributed by atoms with Crippen LogP contribution in [-0.2, 0) is 6.54 Å². The van der Waals surface area contributed by atoms with Gasteiger partial charge < -0.3 is 19.8 Å². The van der Waals surface area contributed by atoms with Crippen LogP contribution in [-0.4, -0.2) is 22.5 Å². The Morgan fingerprint density at radius 2 is 2.04 bits per heavy atom. The molecule has 2 aromatic heterocycles. The standard InChI is InChI=1S/C18H18N4O3/c1-2-24-16-8-4-3-7-14(16)22-18(23)15-11-21-17(12-19-15)20-10-13-6-5-9-25-13/h3-9,11-12H,2,10H2,1H3,(H,20,21)(H,22,23). The maximum Gasteiger partial charge on any atom is 0.275 e. The second kappa shape index (κ2) is 7.96. The maximum absolute atomic E-state index is 12.3. The monoisotopic (exact) mass is 338 g/mol. The molecule has 0 atom stereocenters. The van der Waals surface area contributed by atoms with E-state index in [0.29, 0.717) is 30.4 Å². The zero-order valence-electron chi connectivity index (χ0n) is 13.7. The molecule has 0 unspecified atom stereocenters. The number of hydrogen-bond donors (Lipinski definition) is 2. The number of nitrogens with zero attached hydrogens (tertiary/aromatic N) is 2. The molecule has 2 heterocycles. The fourth-order valence-corrected chi connectivity index (χ4v) is 2.17. The Morgan fingerprint density at radius 3 is 2.76 bits per heavy atom. The number of carbonyl (C=O) groups excluding carboxylic acids is 1. The van der Waals surface area contributed by atoms with Crippen molar-refractivity contribution >= 4 is 17.4 Å². The van der Waals surface area contributed by atoms with E-state index in [9.17, 15) is 4.79 Å². The van der Waals surface area contributed by atoms with Gasteiger partial charge in [0, 0.05) is 0 Å². The molecule has 0 aliphatic heterocycles. The molecule has 1 aromatic carbocycles. The van der Waals surface area contributed by atoms with Gasteiger partial charge in [-0.05, 0) is 31.2 Å². The number of carbonyl (C=O) groups is 1. The van der Waals surface area contributed by atoms with Gasteiger partial charge >= 0.3 is 0 Å². The number of para-hydroxylation sites is 2. The molecule has 128 valence electrons. The van der Waals surface area contributed by atoms with Crippen LogP contribution in [0.5, 0.6) is 5.75 Å². The minimum Gasteiger partial charge on any atom is -0.492 e. The van der Waals surface area contributed by atoms with Crippen molar-refractivity contribution in [2.75, 3.05) is 17.2 Å². The van der Waals surface area contributed by atoms with E-state index in [1.807, 2.05) is 31.2 Å². The molecule has 3 aromatic rings. The summed E-state index contributed by atoms with van der Waals surface area (Å²) in [5.74, 6) is 1.61. The van der Waals surface area contributed by atoms with Crippen LogP contribution in [0, 0.1) is 0 Å². The van der Waals surface area contributed by atoms with E-state index in [1.165, 1.54) is 12.4 Å². The third-order valence-corrected chi connectivity index (χ3v) is 3.34. The first-order valence-corrected chi connectivity index (χ1v) is 7.87. The minimum absolute atomic E-state index is 0.217. The second-order valence-corrected chi connectivity index (χ2v) is 5.10. The molecule has 0 spiro atoms. The van der Waals surface area contributed by atoms with Gasteiger partial charge in [-0.25, -0.2) is 9.97 Å². The summed E-state index contributed by atoms with van der Waals surface area (Å²) in [6.45, 7) is 2.90. The summed E-state index contributed by atoms with van der Waals surface area (Å²) >= 11 is 0. The molecule has 3 rings (SSSR count). The zero-order valence-corrected chi connectivity index (χ0v) is 13.7. The predicted molar refractivity (Wildman–Crippen MR) is 93.6 cm³/mol. The highest BCUT2D eigenvalue weighted by Gasteiger charge is 2.11. The van der Waals surface area contributed by atoms with Crippen molar-refractivity contribution in [3.8, 4) is 5.75 Å². The third kappa shape index (κ3) is 4.35. The fourth-order valence-electron chi connectivity index (χ4n) is 2.17. The van der Waals surface area contributed by atoms with Gasteiger partial charge in [0.05, 0.1) is 37.5 Å². The maximum atomic E-state index is 12.3. The van der Waals surface area contributed by atoms with Crippen LogP contribution in [0.2, 0.25) is 0 Å². The van der Waals surface area contributed by atoms with Crippen LogP contribution in [0.3, 0.4) is 0 Å². The van der Waals surface area contributed by atoms with Gasteiger partial charge in [0.15, 0.2) is 0 Å². The van der Waals surface area contributed by atoms with Crippen molar-refractivity contribution in [3.05, 3.63) is 66.5 Å². The topological polar surface area (TPSA) is 89.3 Å². The Balaban J connectivity index is 1.62. The molecular formula is C18H18N4O3. The molecular weight excluding hydrogens is 320 g/mol. The van der Waals surface area contributed by atoms with Gasteiger partial charge in [0.2, 0.25) is 0 Å². The number of ether oxygens (including phenoxy) is 1. The number of rotatable bonds is 7. The first kappa shape index (κ1) is 16.5. The SMILES string of the molecule is CCOc1ccccc1NC(=O)c1cnc(NCc2ccco2)cn1. The van der Waals surface area contributed by atoms with Crippen LogP contribution in [0.4, 0.5) is 11.5 Å². The molecule has 0 bridgehead atoms. The fraction of sp³-hybridized carbons (Fsp3) is 0.167. The van der Waals surface area contributed by atoms with Crippen molar-refractivity contribution < 1.29 is 13.9 Å². The van der Waals surface area contributed by atoms with Crippen molar-refractivity contribution in [1.29, 1.82) is 0 Å². The van der Waals surface area contributed by atoms with E-state index in [4.69, 9.17) is 9.15 Å². The Morgan fingerprint density at radius 1 is 1.16 bits per heavy atom. The van der Waals surface area contributed by atoms with Crippen molar-refractivity contribution in [2.45, 2.75) is 13.5 Å². The van der Waals surface area contributed by atoms with E-state index >= 15 is 0 Å². The van der Waals surface area contributed by atoms with E-state index < -0.39 is 0 Å². The Hall–Kier alpha value is -3.35. The smallest absolute Gasteiger partial charge is 0.275 e. The number of anilines is 2. The summed E-state index contributed by atoms with van der Waals surface area (Å²) in [5, 5.41) is 5.85. The Bertz CT molecular complexity index is 817. The highest BCUT2D eigenvalue weighted by Crippen LogP contribution is 2.24. The largest absolute Gasteiger partial charge is 0.492 e. The lowest BCUT2D eigenvalue weighted by atomic mass is 10.3. The van der Waals surface area contributed by atoms with Gasteiger partial charge in [-0.1, -0.05) is 12.1 Å². The average Bonchev–Trinajstić information content (AvgIpc) is 3.16. The van der Waals surface area contributed by atoms with Crippen molar-refractivity contribution in [2.24, 2.45) is 0 Å². The first-order valence-electron chi connectivity index (χ1n) is 7.87. The van der Waals surface area contributed by atoms with Crippen LogP contribution >= 0.6 is 0 Å². The van der Waals surface area contributed by atoms with Crippen LogP contribution in [0.1, 0.15) is 23.2 Å². The number of nitrogens with one attached hydrogen (secondary N) is 2. The highest BCUT2D eigenvalue weighted by atomic mass is 16.5. The summed E-state index contributed by atoms with van der Waals surface area (Å²) in [7, 11) is 0. The molecule has 0 aliphatic carbocycles. The summed E-state index contributed by atoms with van der Waals surface area (Å²) < 4.78 is 10.7. The Labute approximate surface area is 145 Å². The lowest BCUT2D eigenvalue weighted by molar-refractivity contribution is 0.102. The van der Waals surface area contributed by atoms with Crippen molar-refractivity contribution in [1.82, 2.24) is 9.97 Å². The third-order valence-electron chi connectivity index (χ3n) is 3.34. The van der Waals surface area contributed by atoms with E-state index in [-0.39, 0.29) is 11.6 Å². The molecule has 2 N–H and O–H groups in total. The first-order chi connectivity index (χ1) is 12.3. The van der Waals surface area contributed by atoms with Gasteiger partial charge in [-0.2, -0.15) is 0 Å². The zero-order chi connectivity index (χ0) is 17.5. The van der Waals surface area contributed by atoms with Crippen LogP contribution in [0.25, 0.3) is 0 Å². The van der Waals surface area contributed by atoms with Gasteiger partial charge in [0.25, 0.3) is 5.91 Å². The summed E-state index contributed by atoms with van der Waals surface area (Å²) in [5.41, 5.74) is 0.811. The lowest BCUT2D eigenvalue weighted by Crippen LogP contribution is -2.15. The number of furan rings is 1. The molecule has 0 aliphatic rings. The molecule has 7 nitrogen and oxygen atoms in total. The van der Waals surface area contributed by atoms with E-state index in [0.717, 1.165) is 5.76 Å². The molecule has 0 fully saturated rings. The average molecular weight is 338 g/mol. The van der Waals surface area contributed by atoms with E-state index in [1.54, 1.807) is 18.4 Å². The molecule has 0 saturated carbocycles. The molecule has 25 heavy (non-hydrogen) atoms. The summed E-state index contributed by atoms with van der Waals surface area (Å²) in [6.07, 6.45) is 4.53. The quantitative estimate of drug-likeness (QED) is 0.687. The highest BCUT2D eigenvalue weighted by molar-refractivity contribution is 6.03. The summed E-state index contributed by atoms with van der Waals surface area (Å²) in [6, 6.07) is 10.9. The van der Waals surface area contributed by atoms with Crippen LogP contribution < -0.4 is 15.4 Å². The van der Waals surface area contributed by atoms with Gasteiger partial charge in [-0.3, -0.25) is 4.79 Å². The Kier molecular flexibility index (Phi) is 5.26. The molecule has 0 radical (unpaired) electrons. The second-order valence-electron chi connectivity index (χ2n) is 5.10. The molecule has 7 heteroatoms. The van der Waals surface area contributed by atoms with Gasteiger partial charge in [0.1, 0.15) is 23.0 Å². The summed E-state index contributed by atoms with van der Waals surface area (Å²) in [4.78, 5) is 20.7. The number of aromatic nitrogens is 2. The van der Waals surface area contributed by atoms with Gasteiger partial charge in [-0.15, -0.1) is 0 Å². The van der Waals surface area contributed by atoms with Crippen molar-refractivity contribution in [3.63, 3.8) is 0 Å². The molecule has 1 amide bonds. The minimum atomic E-state index is -0.350. The number of amides is 1. The predicted octanol–water partition coefficient (Wildman–Crippen LogP) is 3.33. The van der Waals surface area contributed by atoms with Crippen LogP contribution in [0.15, 0.2) is 59.5 Å². The normalized spacial score (nSPS) is 10.3. The molecule has 0 saturated heterocycles. The van der Waals surface area contributed by atoms with E-state index in [2.05, 4.69) is 20.6 Å². The lowest BCUT2D eigenvalue weighted by Gasteiger charge is -2.11.